The van der Waals surface area contributed by atoms with Gasteiger partial charge in [0.05, 0.1) is 12.0 Å². The van der Waals surface area contributed by atoms with Crippen LogP contribution in [0, 0.1) is 0 Å². The van der Waals surface area contributed by atoms with Crippen molar-refractivity contribution in [3.63, 3.8) is 0 Å². The minimum Gasteiger partial charge on any atom is -0.464 e. The standard InChI is InChI=1S/C24H22N4O4S/c1-28-7-6-15-14(11-28)19(17-3-2-8-30-17)20-21(25)22(33-24(20)27-15)23(29)26-10-13-4-5-16-18(9-13)32-12-31-16/h2-5,8-9H,6-7,10-12,25H2,1H3,(H,26,29). The van der Waals surface area contributed by atoms with E-state index < -0.39 is 0 Å². The van der Waals surface area contributed by atoms with E-state index in [9.17, 15) is 4.79 Å². The molecule has 4 aromatic rings. The summed E-state index contributed by atoms with van der Waals surface area (Å²) in [5.41, 5.74) is 11.0. The third-order valence-corrected chi connectivity index (χ3v) is 7.18. The van der Waals surface area contributed by atoms with Crippen LogP contribution in [0.4, 0.5) is 5.69 Å². The normalized spacial score (nSPS) is 15.1. The summed E-state index contributed by atoms with van der Waals surface area (Å²) in [6.45, 7) is 2.26. The number of thiophene rings is 1. The van der Waals surface area contributed by atoms with Crippen molar-refractivity contribution < 1.29 is 18.7 Å². The molecule has 2 aliphatic heterocycles. The van der Waals surface area contributed by atoms with Gasteiger partial charge in [-0.1, -0.05) is 6.07 Å². The molecule has 1 amide bonds. The average molecular weight is 463 g/mol. The summed E-state index contributed by atoms with van der Waals surface area (Å²) >= 11 is 1.32. The minimum atomic E-state index is -0.228. The second-order valence-electron chi connectivity index (χ2n) is 8.27. The first kappa shape index (κ1) is 20.1. The molecule has 1 aromatic carbocycles. The summed E-state index contributed by atoms with van der Waals surface area (Å²) in [6, 6.07) is 9.42. The van der Waals surface area contributed by atoms with E-state index >= 15 is 0 Å². The van der Waals surface area contributed by atoms with Crippen molar-refractivity contribution in [2.45, 2.75) is 19.5 Å². The molecule has 3 aromatic heterocycles. The molecule has 6 rings (SSSR count). The zero-order valence-electron chi connectivity index (χ0n) is 18.0. The van der Waals surface area contributed by atoms with Crippen molar-refractivity contribution in [1.29, 1.82) is 0 Å². The van der Waals surface area contributed by atoms with Gasteiger partial charge in [-0.05, 0) is 42.4 Å². The molecule has 8 nitrogen and oxygen atoms in total. The lowest BCUT2D eigenvalue weighted by Crippen LogP contribution is -2.27. The van der Waals surface area contributed by atoms with Gasteiger partial charge in [0.1, 0.15) is 15.5 Å². The number of likely N-dealkylation sites (N-methyl/N-ethyl adjacent to an activating group) is 1. The number of nitrogens with two attached hydrogens (primary N) is 1. The second-order valence-corrected chi connectivity index (χ2v) is 9.27. The van der Waals surface area contributed by atoms with Crippen molar-refractivity contribution in [2.24, 2.45) is 0 Å². The maximum Gasteiger partial charge on any atom is 0.263 e. The topological polar surface area (TPSA) is 103 Å². The molecule has 0 atom stereocenters. The van der Waals surface area contributed by atoms with Crippen LogP contribution in [0.3, 0.4) is 0 Å². The highest BCUT2D eigenvalue weighted by molar-refractivity contribution is 7.21. The van der Waals surface area contributed by atoms with E-state index in [0.29, 0.717) is 28.6 Å². The number of hydrogen-bond acceptors (Lipinski definition) is 8. The van der Waals surface area contributed by atoms with Crippen LogP contribution in [-0.2, 0) is 19.5 Å². The van der Waals surface area contributed by atoms with Gasteiger partial charge in [0, 0.05) is 42.7 Å². The molecule has 0 radical (unpaired) electrons. The molecule has 0 saturated carbocycles. The number of nitrogens with one attached hydrogen (secondary N) is 1. The predicted molar refractivity (Wildman–Crippen MR) is 126 cm³/mol. The molecule has 3 N–H and O–H groups in total. The molecule has 0 fully saturated rings. The van der Waals surface area contributed by atoms with Crippen molar-refractivity contribution in [3.8, 4) is 22.8 Å². The Labute approximate surface area is 193 Å². The monoisotopic (exact) mass is 462 g/mol. The molecule has 0 unspecified atom stereocenters. The van der Waals surface area contributed by atoms with Crippen LogP contribution in [0.5, 0.6) is 11.5 Å². The Morgan fingerprint density at radius 1 is 1.27 bits per heavy atom. The van der Waals surface area contributed by atoms with E-state index in [2.05, 4.69) is 17.3 Å². The fourth-order valence-corrected chi connectivity index (χ4v) is 5.47. The lowest BCUT2D eigenvalue weighted by molar-refractivity contribution is 0.0955. The summed E-state index contributed by atoms with van der Waals surface area (Å²) in [5.74, 6) is 1.91. The number of pyridine rings is 1. The molecule has 0 aliphatic carbocycles. The number of rotatable bonds is 4. The number of amides is 1. The molecular formula is C24H22N4O4S. The van der Waals surface area contributed by atoms with Gasteiger partial charge in [-0.15, -0.1) is 11.3 Å². The van der Waals surface area contributed by atoms with E-state index in [-0.39, 0.29) is 12.7 Å². The molecule has 0 bridgehead atoms. The van der Waals surface area contributed by atoms with Gasteiger partial charge >= 0.3 is 0 Å². The zero-order valence-corrected chi connectivity index (χ0v) is 18.8. The van der Waals surface area contributed by atoms with Gasteiger partial charge < -0.3 is 29.8 Å². The lowest BCUT2D eigenvalue weighted by Gasteiger charge is -2.26. The largest absolute Gasteiger partial charge is 0.464 e. The third kappa shape index (κ3) is 3.40. The molecule has 168 valence electrons. The van der Waals surface area contributed by atoms with E-state index in [1.54, 1.807) is 6.26 Å². The first-order valence-corrected chi connectivity index (χ1v) is 11.5. The van der Waals surface area contributed by atoms with E-state index in [1.165, 1.54) is 11.3 Å². The maximum atomic E-state index is 13.1. The van der Waals surface area contributed by atoms with E-state index in [0.717, 1.165) is 57.9 Å². The fourth-order valence-electron chi connectivity index (χ4n) is 4.43. The van der Waals surface area contributed by atoms with Crippen molar-refractivity contribution in [1.82, 2.24) is 15.2 Å². The lowest BCUT2D eigenvalue weighted by atomic mass is 9.95. The molecular weight excluding hydrogens is 440 g/mol. The number of nitrogens with zero attached hydrogens (tertiary/aromatic N) is 2. The van der Waals surface area contributed by atoms with Crippen LogP contribution in [0.25, 0.3) is 21.5 Å². The Hall–Kier alpha value is -3.56. The zero-order chi connectivity index (χ0) is 22.5. The number of ether oxygens (including phenoxy) is 2. The highest BCUT2D eigenvalue weighted by Crippen LogP contribution is 2.43. The van der Waals surface area contributed by atoms with Gasteiger partial charge in [0.15, 0.2) is 11.5 Å². The number of anilines is 1. The van der Waals surface area contributed by atoms with Crippen molar-refractivity contribution in [3.05, 3.63) is 58.3 Å². The smallest absolute Gasteiger partial charge is 0.263 e. The summed E-state index contributed by atoms with van der Waals surface area (Å²) in [6.07, 6.45) is 2.50. The Bertz CT molecular complexity index is 1380. The van der Waals surface area contributed by atoms with Crippen LogP contribution in [0.2, 0.25) is 0 Å². The average Bonchev–Trinajstić information content (AvgIpc) is 3.57. The van der Waals surface area contributed by atoms with Crippen molar-refractivity contribution >= 4 is 33.1 Å². The summed E-state index contributed by atoms with van der Waals surface area (Å²) in [7, 11) is 2.09. The Kier molecular flexibility index (Phi) is 4.74. The van der Waals surface area contributed by atoms with Crippen molar-refractivity contribution in [2.75, 3.05) is 26.1 Å². The molecule has 9 heteroatoms. The number of hydrogen-bond donors (Lipinski definition) is 2. The summed E-state index contributed by atoms with van der Waals surface area (Å²) in [4.78, 5) is 21.5. The number of furan rings is 1. The summed E-state index contributed by atoms with van der Waals surface area (Å²) < 4.78 is 16.5. The quantitative estimate of drug-likeness (QED) is 0.476. The molecule has 33 heavy (non-hydrogen) atoms. The minimum absolute atomic E-state index is 0.217. The highest BCUT2D eigenvalue weighted by atomic mass is 32.1. The van der Waals surface area contributed by atoms with Gasteiger partial charge in [-0.3, -0.25) is 4.79 Å². The number of carbonyl (C=O) groups is 1. The van der Waals surface area contributed by atoms with Gasteiger partial charge in [0.25, 0.3) is 5.91 Å². The molecule has 2 aliphatic rings. The molecule has 5 heterocycles. The maximum absolute atomic E-state index is 13.1. The van der Waals surface area contributed by atoms with Crippen LogP contribution in [0.1, 0.15) is 26.5 Å². The molecule has 0 saturated heterocycles. The Morgan fingerprint density at radius 3 is 3.00 bits per heavy atom. The fraction of sp³-hybridized carbons (Fsp3) is 0.250. The van der Waals surface area contributed by atoms with E-state index in [1.807, 2.05) is 30.3 Å². The Morgan fingerprint density at radius 2 is 2.15 bits per heavy atom. The number of aromatic nitrogens is 1. The first-order valence-electron chi connectivity index (χ1n) is 10.7. The van der Waals surface area contributed by atoms with Crippen LogP contribution in [-0.4, -0.2) is 36.2 Å². The Balaban J connectivity index is 1.37. The van der Waals surface area contributed by atoms with Gasteiger partial charge in [-0.2, -0.15) is 0 Å². The second kappa shape index (κ2) is 7.79. The predicted octanol–water partition coefficient (Wildman–Crippen LogP) is 3.79. The number of benzene rings is 1. The SMILES string of the molecule is CN1CCc2nc3sc(C(=O)NCc4ccc5c(c4)OCO5)c(N)c3c(-c3ccco3)c2C1. The number of carbonyl (C=O) groups excluding carboxylic acids is 1. The third-order valence-electron chi connectivity index (χ3n) is 6.09. The van der Waals surface area contributed by atoms with Crippen LogP contribution < -0.4 is 20.5 Å². The number of fused-ring (bicyclic) bond motifs is 3. The highest BCUT2D eigenvalue weighted by Gasteiger charge is 2.28. The summed E-state index contributed by atoms with van der Waals surface area (Å²) in [5, 5.41) is 3.76. The van der Waals surface area contributed by atoms with Gasteiger partial charge in [-0.25, -0.2) is 4.98 Å². The first-order chi connectivity index (χ1) is 16.1. The van der Waals surface area contributed by atoms with Crippen LogP contribution >= 0.6 is 11.3 Å². The van der Waals surface area contributed by atoms with Crippen LogP contribution in [0.15, 0.2) is 41.0 Å². The van der Waals surface area contributed by atoms with Gasteiger partial charge in [0.2, 0.25) is 6.79 Å². The molecule has 0 spiro atoms. The van der Waals surface area contributed by atoms with E-state index in [4.69, 9.17) is 24.6 Å². The number of nitrogen functional groups attached to an aromatic ring is 1.